The molecule has 7 atom stereocenters. The largest absolute Gasteiger partial charge is 0.394 e. The molecule has 0 aromatic rings. The van der Waals surface area contributed by atoms with Crippen LogP contribution in [0.3, 0.4) is 0 Å². The van der Waals surface area contributed by atoms with Crippen LogP contribution in [0.5, 0.6) is 0 Å². The summed E-state index contributed by atoms with van der Waals surface area (Å²) in [6.45, 7) is 3.89. The topological polar surface area (TPSA) is 149 Å². The number of amides is 1. The minimum Gasteiger partial charge on any atom is -0.394 e. The van der Waals surface area contributed by atoms with Crippen molar-refractivity contribution in [3.63, 3.8) is 0 Å². The minimum absolute atomic E-state index is 0.132. The third-order valence-corrected chi connectivity index (χ3v) is 16.6. The second kappa shape index (κ2) is 57.2. The van der Waals surface area contributed by atoms with E-state index in [0.29, 0.717) is 12.8 Å². The van der Waals surface area contributed by atoms with E-state index in [1.54, 1.807) is 0 Å². The maximum atomic E-state index is 13.1. The number of ether oxygens (including phenoxy) is 2. The van der Waals surface area contributed by atoms with Crippen molar-refractivity contribution in [2.24, 2.45) is 0 Å². The number of aliphatic hydroxyl groups is 5. The molecule has 0 spiro atoms. The van der Waals surface area contributed by atoms with Crippen LogP contribution in [-0.4, -0.2) is 87.5 Å². The van der Waals surface area contributed by atoms with Crippen LogP contribution in [-0.2, 0) is 14.3 Å². The number of allylic oxidation sites excluding steroid dienone is 2. The van der Waals surface area contributed by atoms with Crippen molar-refractivity contribution in [1.82, 2.24) is 5.32 Å². The molecule has 1 amide bonds. The van der Waals surface area contributed by atoms with E-state index in [0.717, 1.165) is 38.5 Å². The van der Waals surface area contributed by atoms with E-state index in [9.17, 15) is 30.3 Å². The maximum Gasteiger partial charge on any atom is 0.220 e. The first-order valence-corrected chi connectivity index (χ1v) is 33.9. The second-order valence-electron chi connectivity index (χ2n) is 24.0. The Morgan fingerprint density at radius 2 is 0.737 bits per heavy atom. The fourth-order valence-electron chi connectivity index (χ4n) is 11.3. The zero-order valence-electron chi connectivity index (χ0n) is 50.5. The van der Waals surface area contributed by atoms with Gasteiger partial charge in [-0.05, 0) is 38.5 Å². The van der Waals surface area contributed by atoms with Gasteiger partial charge in [0.05, 0.1) is 25.4 Å². The molecule has 1 saturated heterocycles. The molecule has 76 heavy (non-hydrogen) atoms. The Hall–Kier alpha value is -1.07. The molecule has 1 aliphatic rings. The molecule has 9 heteroatoms. The lowest BCUT2D eigenvalue weighted by molar-refractivity contribution is -0.302. The highest BCUT2D eigenvalue weighted by molar-refractivity contribution is 5.76. The van der Waals surface area contributed by atoms with Gasteiger partial charge in [-0.3, -0.25) is 4.79 Å². The van der Waals surface area contributed by atoms with Gasteiger partial charge >= 0.3 is 0 Å². The Morgan fingerprint density at radius 1 is 0.434 bits per heavy atom. The molecule has 7 unspecified atom stereocenters. The van der Waals surface area contributed by atoms with Gasteiger partial charge in [0, 0.05) is 6.42 Å². The van der Waals surface area contributed by atoms with E-state index in [1.165, 1.54) is 289 Å². The summed E-state index contributed by atoms with van der Waals surface area (Å²) in [4.78, 5) is 13.1. The predicted molar refractivity (Wildman–Crippen MR) is 323 cm³/mol. The van der Waals surface area contributed by atoms with E-state index in [-0.39, 0.29) is 12.5 Å². The molecular formula is C67H131NO8. The lowest BCUT2D eigenvalue weighted by atomic mass is 9.99. The highest BCUT2D eigenvalue weighted by Crippen LogP contribution is 2.24. The summed E-state index contributed by atoms with van der Waals surface area (Å²) in [5, 5.41) is 54.8. The van der Waals surface area contributed by atoms with Gasteiger partial charge in [-0.1, -0.05) is 321 Å². The number of nitrogens with one attached hydrogen (secondary N) is 1. The summed E-state index contributed by atoms with van der Waals surface area (Å²) in [5.41, 5.74) is 0. The van der Waals surface area contributed by atoms with E-state index in [1.807, 2.05) is 0 Å². The Labute approximate surface area is 471 Å². The van der Waals surface area contributed by atoms with Crippen LogP contribution >= 0.6 is 0 Å². The summed E-state index contributed by atoms with van der Waals surface area (Å²) in [7, 11) is 0. The van der Waals surface area contributed by atoms with Gasteiger partial charge in [-0.2, -0.15) is 0 Å². The van der Waals surface area contributed by atoms with Crippen molar-refractivity contribution >= 4 is 5.91 Å². The Kier molecular flexibility index (Phi) is 54.9. The van der Waals surface area contributed by atoms with E-state index < -0.39 is 49.5 Å². The highest BCUT2D eigenvalue weighted by atomic mass is 16.7. The summed E-state index contributed by atoms with van der Waals surface area (Å²) >= 11 is 0. The standard InChI is InChI=1S/C67H131NO8/c1-3-5-7-9-11-13-15-17-19-21-23-24-25-26-27-28-29-30-31-32-33-34-35-36-37-38-39-41-43-45-47-49-51-53-55-57-63(71)68-60(59-75-67-66(74)65(73)64(72)62(58-69)76-67)61(70)56-54-52-50-48-46-44-42-40-22-20-18-16-14-12-10-8-6-4-2/h28-29,60-62,64-67,69-70,72-74H,3-27,30-59H2,1-2H3,(H,68,71)/b29-28-. The minimum atomic E-state index is -1.55. The lowest BCUT2D eigenvalue weighted by Gasteiger charge is -2.40. The number of carbonyl (C=O) groups is 1. The van der Waals surface area contributed by atoms with E-state index >= 15 is 0 Å². The summed E-state index contributed by atoms with van der Waals surface area (Å²) in [5.74, 6) is -0.136. The van der Waals surface area contributed by atoms with Crippen LogP contribution in [0.1, 0.15) is 354 Å². The van der Waals surface area contributed by atoms with Crippen molar-refractivity contribution < 1.29 is 39.8 Å². The molecule has 1 fully saturated rings. The van der Waals surface area contributed by atoms with Gasteiger partial charge in [-0.15, -0.1) is 0 Å². The molecule has 0 radical (unpaired) electrons. The van der Waals surface area contributed by atoms with Crippen LogP contribution in [0.15, 0.2) is 12.2 Å². The quantitative estimate of drug-likeness (QED) is 0.0261. The van der Waals surface area contributed by atoms with Crippen molar-refractivity contribution in [3.8, 4) is 0 Å². The molecule has 0 aromatic carbocycles. The van der Waals surface area contributed by atoms with Gasteiger partial charge in [0.2, 0.25) is 5.91 Å². The van der Waals surface area contributed by atoms with Gasteiger partial charge in [-0.25, -0.2) is 0 Å². The monoisotopic (exact) mass is 1080 g/mol. The third-order valence-electron chi connectivity index (χ3n) is 16.6. The number of hydrogen-bond acceptors (Lipinski definition) is 8. The first-order valence-electron chi connectivity index (χ1n) is 33.9. The first kappa shape index (κ1) is 72.9. The lowest BCUT2D eigenvalue weighted by Crippen LogP contribution is -2.60. The van der Waals surface area contributed by atoms with E-state index in [4.69, 9.17) is 9.47 Å². The van der Waals surface area contributed by atoms with Crippen molar-refractivity contribution in [1.29, 1.82) is 0 Å². The van der Waals surface area contributed by atoms with Crippen LogP contribution in [0.25, 0.3) is 0 Å². The Balaban J connectivity index is 2.07. The SMILES string of the molecule is CCCCCCCCCCCCCCCC/C=C\CCCCCCCCCCCCCCCCCCCC(=O)NC(COC1OC(CO)C(O)C(O)C1O)C(O)CCCCCCCCCCCCCCCCCCCC. The molecule has 1 heterocycles. The third kappa shape index (κ3) is 45.6. The molecule has 0 bridgehead atoms. The summed E-state index contributed by atoms with van der Waals surface area (Å²) in [6, 6.07) is -0.716. The van der Waals surface area contributed by atoms with Gasteiger partial charge in [0.1, 0.15) is 24.4 Å². The predicted octanol–water partition coefficient (Wildman–Crippen LogP) is 17.9. The fraction of sp³-hybridized carbons (Fsp3) is 0.955. The molecule has 452 valence electrons. The Bertz CT molecular complexity index is 1200. The smallest absolute Gasteiger partial charge is 0.220 e. The fourth-order valence-corrected chi connectivity index (χ4v) is 11.3. The van der Waals surface area contributed by atoms with Crippen molar-refractivity contribution in [2.45, 2.75) is 397 Å². The molecule has 1 rings (SSSR count). The highest BCUT2D eigenvalue weighted by Gasteiger charge is 2.44. The van der Waals surface area contributed by atoms with Crippen LogP contribution in [0.4, 0.5) is 0 Å². The van der Waals surface area contributed by atoms with Gasteiger partial charge in [0.15, 0.2) is 6.29 Å². The zero-order chi connectivity index (χ0) is 55.0. The number of aliphatic hydroxyl groups excluding tert-OH is 5. The normalized spacial score (nSPS) is 18.8. The molecule has 6 N–H and O–H groups in total. The summed E-state index contributed by atoms with van der Waals surface area (Å²) < 4.78 is 11.3. The number of carbonyl (C=O) groups excluding carboxylic acids is 1. The maximum absolute atomic E-state index is 13.1. The average Bonchev–Trinajstić information content (AvgIpc) is 3.42. The van der Waals surface area contributed by atoms with Gasteiger partial charge < -0.3 is 40.3 Å². The summed E-state index contributed by atoms with van der Waals surface area (Å²) in [6.07, 6.45) is 65.7. The Morgan fingerprint density at radius 3 is 1.07 bits per heavy atom. The molecular weight excluding hydrogens is 947 g/mol. The van der Waals surface area contributed by atoms with E-state index in [2.05, 4.69) is 31.3 Å². The number of unbranched alkanes of at least 4 members (excludes halogenated alkanes) is 48. The van der Waals surface area contributed by atoms with Crippen molar-refractivity contribution in [3.05, 3.63) is 12.2 Å². The molecule has 0 aliphatic carbocycles. The van der Waals surface area contributed by atoms with Gasteiger partial charge in [0.25, 0.3) is 0 Å². The molecule has 0 aromatic heterocycles. The number of rotatable bonds is 60. The van der Waals surface area contributed by atoms with Crippen LogP contribution < -0.4 is 5.32 Å². The number of hydrogen-bond donors (Lipinski definition) is 6. The molecule has 0 saturated carbocycles. The molecule has 1 aliphatic heterocycles. The average molecular weight is 1080 g/mol. The van der Waals surface area contributed by atoms with Crippen LogP contribution in [0.2, 0.25) is 0 Å². The second-order valence-corrected chi connectivity index (χ2v) is 24.0. The zero-order valence-corrected chi connectivity index (χ0v) is 50.5. The first-order chi connectivity index (χ1) is 37.3. The van der Waals surface area contributed by atoms with Crippen LogP contribution in [0, 0.1) is 0 Å². The van der Waals surface area contributed by atoms with Crippen molar-refractivity contribution in [2.75, 3.05) is 13.2 Å². The molecule has 9 nitrogen and oxygen atoms in total.